The minimum Gasteiger partial charge on any atom is -0.497 e. The fourth-order valence-corrected chi connectivity index (χ4v) is 5.12. The summed E-state index contributed by atoms with van der Waals surface area (Å²) in [6, 6.07) is 19.7. The molecular formula is C26H26N2O6S. The summed E-state index contributed by atoms with van der Waals surface area (Å²) in [6.45, 7) is -0.460. The van der Waals surface area contributed by atoms with Crippen molar-refractivity contribution in [1.29, 1.82) is 0 Å². The van der Waals surface area contributed by atoms with Gasteiger partial charge in [0.05, 0.1) is 23.6 Å². The molecule has 0 spiro atoms. The number of esters is 1. The van der Waals surface area contributed by atoms with Crippen LogP contribution >= 0.6 is 0 Å². The van der Waals surface area contributed by atoms with Crippen LogP contribution in [0.3, 0.4) is 0 Å². The minimum absolute atomic E-state index is 0.0263. The highest BCUT2D eigenvalue weighted by Gasteiger charge is 2.22. The van der Waals surface area contributed by atoms with E-state index in [9.17, 15) is 18.0 Å². The molecular weight excluding hydrogens is 468 g/mol. The molecule has 0 fully saturated rings. The Bertz CT molecular complexity index is 1320. The third-order valence-electron chi connectivity index (χ3n) is 5.76. The van der Waals surface area contributed by atoms with Crippen molar-refractivity contribution in [2.45, 2.75) is 30.2 Å². The van der Waals surface area contributed by atoms with Crippen molar-refractivity contribution in [3.8, 4) is 5.75 Å². The van der Waals surface area contributed by atoms with Crippen LogP contribution in [-0.4, -0.2) is 34.0 Å². The van der Waals surface area contributed by atoms with Gasteiger partial charge in [-0.3, -0.25) is 9.52 Å². The number of nitrogens with one attached hydrogen (secondary N) is 2. The molecule has 3 aromatic rings. The molecule has 3 aromatic carbocycles. The van der Waals surface area contributed by atoms with Gasteiger partial charge in [0.1, 0.15) is 5.75 Å². The van der Waals surface area contributed by atoms with Crippen LogP contribution in [0.4, 0.5) is 5.69 Å². The van der Waals surface area contributed by atoms with Gasteiger partial charge in [-0.15, -0.1) is 0 Å². The highest BCUT2D eigenvalue weighted by atomic mass is 32.2. The number of aryl methyl sites for hydroxylation is 1. The summed E-state index contributed by atoms with van der Waals surface area (Å²) < 4.78 is 38.2. The number of anilines is 1. The number of hydrogen-bond donors (Lipinski definition) is 2. The van der Waals surface area contributed by atoms with Gasteiger partial charge in [-0.05, 0) is 72.9 Å². The maximum Gasteiger partial charge on any atom is 0.338 e. The first kappa shape index (κ1) is 24.3. The Morgan fingerprint density at radius 1 is 1.00 bits per heavy atom. The Kier molecular flexibility index (Phi) is 7.36. The van der Waals surface area contributed by atoms with Gasteiger partial charge in [0.15, 0.2) is 6.61 Å². The fourth-order valence-electron chi connectivity index (χ4n) is 4.02. The molecule has 182 valence electrons. The zero-order valence-corrected chi connectivity index (χ0v) is 20.0. The number of rotatable bonds is 8. The summed E-state index contributed by atoms with van der Waals surface area (Å²) in [7, 11) is -2.43. The zero-order valence-electron chi connectivity index (χ0n) is 19.2. The smallest absolute Gasteiger partial charge is 0.338 e. The largest absolute Gasteiger partial charge is 0.497 e. The van der Waals surface area contributed by atoms with Crippen LogP contribution in [0.1, 0.15) is 40.4 Å². The number of carbonyl (C=O) groups excluding carboxylic acids is 2. The molecule has 2 N–H and O–H groups in total. The first-order valence-corrected chi connectivity index (χ1v) is 12.7. The molecule has 8 nitrogen and oxygen atoms in total. The van der Waals surface area contributed by atoms with Crippen molar-refractivity contribution in [2.75, 3.05) is 18.4 Å². The summed E-state index contributed by atoms with van der Waals surface area (Å²) in [5.74, 6) is -0.606. The Morgan fingerprint density at radius 3 is 2.54 bits per heavy atom. The lowest BCUT2D eigenvalue weighted by molar-refractivity contribution is -0.125. The van der Waals surface area contributed by atoms with Crippen LogP contribution in [-0.2, 0) is 26.0 Å². The van der Waals surface area contributed by atoms with Gasteiger partial charge in [0, 0.05) is 5.69 Å². The van der Waals surface area contributed by atoms with E-state index in [0.29, 0.717) is 11.4 Å². The fraction of sp³-hybridized carbons (Fsp3) is 0.231. The van der Waals surface area contributed by atoms with Crippen LogP contribution in [0, 0.1) is 0 Å². The standard InChI is InChI=1S/C26H26N2O6S/c1-33-21-14-12-20(13-15-21)28-35(31,32)22-9-4-8-19(16-22)26(30)34-17-25(29)27-24-11-5-7-18-6-2-3-10-23(18)24/h2-4,6,8-10,12-16,24,28H,5,7,11,17H2,1H3,(H,27,29). The van der Waals surface area contributed by atoms with E-state index in [2.05, 4.69) is 16.1 Å². The van der Waals surface area contributed by atoms with Crippen LogP contribution in [0.5, 0.6) is 5.75 Å². The van der Waals surface area contributed by atoms with Crippen LogP contribution in [0.15, 0.2) is 77.7 Å². The van der Waals surface area contributed by atoms with Crippen molar-refractivity contribution < 1.29 is 27.5 Å². The monoisotopic (exact) mass is 494 g/mol. The molecule has 0 aromatic heterocycles. The molecule has 1 unspecified atom stereocenters. The molecule has 0 radical (unpaired) electrons. The summed E-state index contributed by atoms with van der Waals surface area (Å²) in [5.41, 5.74) is 2.67. The van der Waals surface area contributed by atoms with Gasteiger partial charge in [0.25, 0.3) is 15.9 Å². The molecule has 35 heavy (non-hydrogen) atoms. The zero-order chi connectivity index (χ0) is 24.8. The maximum absolute atomic E-state index is 12.8. The van der Waals surface area contributed by atoms with Gasteiger partial charge < -0.3 is 14.8 Å². The van der Waals surface area contributed by atoms with Crippen molar-refractivity contribution in [1.82, 2.24) is 5.32 Å². The van der Waals surface area contributed by atoms with E-state index in [4.69, 9.17) is 9.47 Å². The van der Waals surface area contributed by atoms with Crippen molar-refractivity contribution >= 4 is 27.6 Å². The third kappa shape index (κ3) is 5.99. The quantitative estimate of drug-likeness (QED) is 0.460. The molecule has 1 atom stereocenters. The molecule has 4 rings (SSSR count). The SMILES string of the molecule is COc1ccc(NS(=O)(=O)c2cccc(C(=O)OCC(=O)NC3CCCc4ccccc43)c2)cc1. The Labute approximate surface area is 204 Å². The normalized spacial score (nSPS) is 14.9. The predicted molar refractivity (Wildman–Crippen MR) is 131 cm³/mol. The summed E-state index contributed by atoms with van der Waals surface area (Å²) in [5, 5.41) is 2.92. The molecule has 0 heterocycles. The second kappa shape index (κ2) is 10.6. The van der Waals surface area contributed by atoms with Crippen LogP contribution in [0.2, 0.25) is 0 Å². The minimum atomic E-state index is -3.95. The van der Waals surface area contributed by atoms with E-state index in [1.54, 1.807) is 24.3 Å². The lowest BCUT2D eigenvalue weighted by Gasteiger charge is -2.26. The van der Waals surface area contributed by atoms with E-state index in [1.165, 1.54) is 36.9 Å². The number of methoxy groups -OCH3 is 1. The second-order valence-electron chi connectivity index (χ2n) is 8.15. The first-order valence-electron chi connectivity index (χ1n) is 11.2. The van der Waals surface area contributed by atoms with Gasteiger partial charge in [0.2, 0.25) is 0 Å². The molecule has 9 heteroatoms. The molecule has 0 saturated carbocycles. The molecule has 1 amide bonds. The van der Waals surface area contributed by atoms with E-state index >= 15 is 0 Å². The lowest BCUT2D eigenvalue weighted by atomic mass is 9.88. The second-order valence-corrected chi connectivity index (χ2v) is 9.83. The highest BCUT2D eigenvalue weighted by molar-refractivity contribution is 7.92. The van der Waals surface area contributed by atoms with E-state index in [0.717, 1.165) is 24.8 Å². The third-order valence-corrected chi connectivity index (χ3v) is 7.14. The van der Waals surface area contributed by atoms with E-state index in [-0.39, 0.29) is 16.5 Å². The maximum atomic E-state index is 12.8. The Balaban J connectivity index is 1.36. The summed E-state index contributed by atoms with van der Waals surface area (Å²) in [4.78, 5) is 24.8. The molecule has 1 aliphatic carbocycles. The van der Waals surface area contributed by atoms with Crippen LogP contribution in [0.25, 0.3) is 0 Å². The molecule has 0 bridgehead atoms. The average Bonchev–Trinajstić information content (AvgIpc) is 2.88. The van der Waals surface area contributed by atoms with E-state index in [1.807, 2.05) is 18.2 Å². The average molecular weight is 495 g/mol. The van der Waals surface area contributed by atoms with Crippen molar-refractivity contribution in [3.05, 3.63) is 89.5 Å². The number of hydrogen-bond acceptors (Lipinski definition) is 6. The van der Waals surface area contributed by atoms with Gasteiger partial charge in [-0.25, -0.2) is 13.2 Å². The Morgan fingerprint density at radius 2 is 1.77 bits per heavy atom. The summed E-state index contributed by atoms with van der Waals surface area (Å²) in [6.07, 6.45) is 2.76. The van der Waals surface area contributed by atoms with E-state index < -0.39 is 28.5 Å². The van der Waals surface area contributed by atoms with Gasteiger partial charge in [-0.1, -0.05) is 30.3 Å². The lowest BCUT2D eigenvalue weighted by Crippen LogP contribution is -2.34. The first-order chi connectivity index (χ1) is 16.9. The van der Waals surface area contributed by atoms with Crippen molar-refractivity contribution in [3.63, 3.8) is 0 Å². The topological polar surface area (TPSA) is 111 Å². The number of benzene rings is 3. The summed E-state index contributed by atoms with van der Waals surface area (Å²) >= 11 is 0. The molecule has 1 aliphatic rings. The number of fused-ring (bicyclic) bond motifs is 1. The predicted octanol–water partition coefficient (Wildman–Crippen LogP) is 3.85. The van der Waals surface area contributed by atoms with Crippen LogP contribution < -0.4 is 14.8 Å². The molecule has 0 saturated heterocycles. The molecule has 0 aliphatic heterocycles. The number of amides is 1. The van der Waals surface area contributed by atoms with Crippen molar-refractivity contribution in [2.24, 2.45) is 0 Å². The highest BCUT2D eigenvalue weighted by Crippen LogP contribution is 2.29. The van der Waals surface area contributed by atoms with Gasteiger partial charge in [-0.2, -0.15) is 0 Å². The number of sulfonamides is 1. The number of ether oxygens (including phenoxy) is 2. The van der Waals surface area contributed by atoms with Gasteiger partial charge >= 0.3 is 5.97 Å². The Hall–Kier alpha value is -3.85. The number of carbonyl (C=O) groups is 2.